The molecule has 0 amide bonds. The van der Waals surface area contributed by atoms with E-state index in [0.717, 1.165) is 13.0 Å². The molecule has 0 bridgehead atoms. The number of anilines is 3. The fourth-order valence-electron chi connectivity index (χ4n) is 2.92. The molecule has 2 aromatic carbocycles. The lowest BCUT2D eigenvalue weighted by Crippen LogP contribution is -2.17. The Labute approximate surface area is 183 Å². The Bertz CT molecular complexity index is 1040. The predicted octanol–water partition coefficient (Wildman–Crippen LogP) is 4.86. The van der Waals surface area contributed by atoms with Crippen LogP contribution >= 0.6 is 0 Å². The van der Waals surface area contributed by atoms with Crippen molar-refractivity contribution in [2.45, 2.75) is 12.8 Å². The molecule has 3 rings (SSSR count). The molecule has 0 aliphatic rings. The smallest absolute Gasteiger partial charge is 0.508 e. The van der Waals surface area contributed by atoms with E-state index in [2.05, 4.69) is 30.2 Å². The second kappa shape index (κ2) is 10.2. The van der Waals surface area contributed by atoms with Gasteiger partial charge in [0.2, 0.25) is 5.95 Å². The summed E-state index contributed by atoms with van der Waals surface area (Å²) in [6, 6.07) is 13.7. The largest absolute Gasteiger partial charge is 0.573 e. The molecule has 0 saturated carbocycles. The number of nitrogens with one attached hydrogen (secondary N) is 2. The molecule has 0 unspecified atom stereocenters. The average Bonchev–Trinajstić information content (AvgIpc) is 2.70. The van der Waals surface area contributed by atoms with Crippen LogP contribution in [0.15, 0.2) is 54.6 Å². The van der Waals surface area contributed by atoms with E-state index < -0.39 is 6.36 Å². The van der Waals surface area contributed by atoms with Crippen LogP contribution in [0, 0.1) is 0 Å². The minimum absolute atomic E-state index is 0.0864. The summed E-state index contributed by atoms with van der Waals surface area (Å²) in [7, 11) is 3.95. The highest BCUT2D eigenvalue weighted by Crippen LogP contribution is 2.29. The lowest BCUT2D eigenvalue weighted by Gasteiger charge is -2.14. The standard InChI is InChI=1S/C22H24F3N5O2/c1-30(2)11-5-10-26-21-28-19(15-6-3-9-18(12-15)32-22(23,24)25)14-20(29-21)27-16-7-4-8-17(31)13-16/h3-4,6-9,12-14,31H,5,10-11H2,1-2H3,(H2,26,27,28,29). The SMILES string of the molecule is CN(C)CCCNc1nc(Nc2cccc(O)c2)cc(-c2cccc(OC(F)(F)F)c2)n1. The van der Waals surface area contributed by atoms with E-state index in [0.29, 0.717) is 35.3 Å². The minimum Gasteiger partial charge on any atom is -0.508 e. The van der Waals surface area contributed by atoms with Crippen molar-refractivity contribution >= 4 is 17.5 Å². The van der Waals surface area contributed by atoms with Gasteiger partial charge in [0.25, 0.3) is 0 Å². The Morgan fingerprint density at radius 2 is 1.81 bits per heavy atom. The van der Waals surface area contributed by atoms with Crippen LogP contribution in [0.1, 0.15) is 6.42 Å². The highest BCUT2D eigenvalue weighted by molar-refractivity contribution is 5.68. The van der Waals surface area contributed by atoms with E-state index in [-0.39, 0.29) is 11.5 Å². The van der Waals surface area contributed by atoms with Crippen LogP contribution in [0.2, 0.25) is 0 Å². The Balaban J connectivity index is 1.90. The maximum Gasteiger partial charge on any atom is 0.573 e. The number of phenolic OH excluding ortho intramolecular Hbond substituents is 1. The van der Waals surface area contributed by atoms with Crippen LogP contribution in [0.3, 0.4) is 0 Å². The molecule has 0 saturated heterocycles. The molecule has 0 fully saturated rings. The molecule has 0 radical (unpaired) electrons. The molecular weight excluding hydrogens is 423 g/mol. The van der Waals surface area contributed by atoms with E-state index in [4.69, 9.17) is 0 Å². The van der Waals surface area contributed by atoms with Crippen molar-refractivity contribution in [2.75, 3.05) is 37.8 Å². The van der Waals surface area contributed by atoms with Gasteiger partial charge in [0.15, 0.2) is 0 Å². The predicted molar refractivity (Wildman–Crippen MR) is 117 cm³/mol. The molecule has 10 heteroatoms. The molecule has 1 aromatic heterocycles. The van der Waals surface area contributed by atoms with Crippen LogP contribution in [-0.4, -0.2) is 53.5 Å². The Morgan fingerprint density at radius 1 is 1.03 bits per heavy atom. The molecule has 0 spiro atoms. The number of aromatic nitrogens is 2. The molecule has 7 nitrogen and oxygen atoms in total. The van der Waals surface area contributed by atoms with Gasteiger partial charge in [-0.1, -0.05) is 18.2 Å². The summed E-state index contributed by atoms with van der Waals surface area (Å²) in [5, 5.41) is 15.9. The topological polar surface area (TPSA) is 82.5 Å². The van der Waals surface area contributed by atoms with Crippen molar-refractivity contribution in [3.05, 3.63) is 54.6 Å². The number of phenols is 1. The quantitative estimate of drug-likeness (QED) is 0.404. The zero-order chi connectivity index (χ0) is 23.1. The summed E-state index contributed by atoms with van der Waals surface area (Å²) in [6.07, 6.45) is -3.93. The second-order valence-electron chi connectivity index (χ2n) is 7.30. The first kappa shape index (κ1) is 23.1. The number of ether oxygens (including phenoxy) is 1. The highest BCUT2D eigenvalue weighted by Gasteiger charge is 2.31. The summed E-state index contributed by atoms with van der Waals surface area (Å²) < 4.78 is 41.9. The van der Waals surface area contributed by atoms with Gasteiger partial charge >= 0.3 is 6.36 Å². The van der Waals surface area contributed by atoms with Gasteiger partial charge in [-0.25, -0.2) is 4.98 Å². The van der Waals surface area contributed by atoms with Crippen molar-refractivity contribution in [1.82, 2.24) is 14.9 Å². The van der Waals surface area contributed by atoms with Gasteiger partial charge in [-0.15, -0.1) is 13.2 Å². The molecule has 32 heavy (non-hydrogen) atoms. The Morgan fingerprint density at radius 3 is 2.53 bits per heavy atom. The van der Waals surface area contributed by atoms with E-state index >= 15 is 0 Å². The lowest BCUT2D eigenvalue weighted by atomic mass is 10.1. The van der Waals surface area contributed by atoms with E-state index in [1.807, 2.05) is 14.1 Å². The number of rotatable bonds is 9. The zero-order valence-electron chi connectivity index (χ0n) is 17.6. The van der Waals surface area contributed by atoms with Crippen LogP contribution in [0.5, 0.6) is 11.5 Å². The van der Waals surface area contributed by atoms with Crippen molar-refractivity contribution < 1.29 is 23.0 Å². The zero-order valence-corrected chi connectivity index (χ0v) is 17.6. The number of nitrogens with zero attached hydrogens (tertiary/aromatic N) is 3. The first-order chi connectivity index (χ1) is 15.2. The summed E-state index contributed by atoms with van der Waals surface area (Å²) in [5.41, 5.74) is 1.44. The van der Waals surface area contributed by atoms with Crippen molar-refractivity contribution in [1.29, 1.82) is 0 Å². The van der Waals surface area contributed by atoms with Gasteiger partial charge in [0, 0.05) is 29.9 Å². The normalized spacial score (nSPS) is 11.4. The number of hydrogen-bond donors (Lipinski definition) is 3. The van der Waals surface area contributed by atoms with Crippen molar-refractivity contribution in [3.63, 3.8) is 0 Å². The summed E-state index contributed by atoms with van der Waals surface area (Å²) in [4.78, 5) is 11.0. The molecule has 0 aliphatic carbocycles. The molecule has 0 atom stereocenters. The third kappa shape index (κ3) is 7.31. The fraction of sp³-hybridized carbons (Fsp3) is 0.273. The van der Waals surface area contributed by atoms with Crippen LogP contribution in [0.25, 0.3) is 11.3 Å². The van der Waals surface area contributed by atoms with Crippen molar-refractivity contribution in [2.24, 2.45) is 0 Å². The maximum absolute atomic E-state index is 12.6. The number of benzene rings is 2. The third-order valence-corrected chi connectivity index (χ3v) is 4.27. The maximum atomic E-state index is 12.6. The third-order valence-electron chi connectivity index (χ3n) is 4.27. The van der Waals surface area contributed by atoms with Gasteiger partial charge < -0.3 is 25.4 Å². The average molecular weight is 447 g/mol. The molecule has 170 valence electrons. The first-order valence-corrected chi connectivity index (χ1v) is 9.88. The summed E-state index contributed by atoms with van der Waals surface area (Å²) >= 11 is 0. The first-order valence-electron chi connectivity index (χ1n) is 9.88. The highest BCUT2D eigenvalue weighted by atomic mass is 19.4. The lowest BCUT2D eigenvalue weighted by molar-refractivity contribution is -0.274. The van der Waals surface area contributed by atoms with Gasteiger partial charge in [-0.2, -0.15) is 4.98 Å². The van der Waals surface area contributed by atoms with Crippen LogP contribution in [-0.2, 0) is 0 Å². The van der Waals surface area contributed by atoms with Gasteiger partial charge in [0.1, 0.15) is 17.3 Å². The van der Waals surface area contributed by atoms with Crippen molar-refractivity contribution in [3.8, 4) is 22.8 Å². The minimum atomic E-state index is -4.79. The van der Waals surface area contributed by atoms with E-state index in [1.54, 1.807) is 30.3 Å². The summed E-state index contributed by atoms with van der Waals surface area (Å²) in [6.45, 7) is 1.49. The molecule has 3 aromatic rings. The number of aromatic hydroxyl groups is 1. The van der Waals surface area contributed by atoms with E-state index in [9.17, 15) is 18.3 Å². The second-order valence-corrected chi connectivity index (χ2v) is 7.30. The molecule has 3 N–H and O–H groups in total. The number of alkyl halides is 3. The Hall–Kier alpha value is -3.53. The fourth-order valence-corrected chi connectivity index (χ4v) is 2.92. The van der Waals surface area contributed by atoms with Crippen LogP contribution < -0.4 is 15.4 Å². The number of hydrogen-bond acceptors (Lipinski definition) is 7. The molecule has 0 aliphatic heterocycles. The van der Waals surface area contributed by atoms with Gasteiger partial charge in [-0.05, 0) is 51.3 Å². The monoisotopic (exact) mass is 447 g/mol. The van der Waals surface area contributed by atoms with Gasteiger partial charge in [0.05, 0.1) is 5.69 Å². The summed E-state index contributed by atoms with van der Waals surface area (Å²) in [5.74, 6) is 0.490. The van der Waals surface area contributed by atoms with Crippen LogP contribution in [0.4, 0.5) is 30.6 Å². The Kier molecular flexibility index (Phi) is 7.37. The van der Waals surface area contributed by atoms with E-state index in [1.165, 1.54) is 24.3 Å². The number of halogens is 3. The van der Waals surface area contributed by atoms with Gasteiger partial charge in [-0.3, -0.25) is 0 Å². The molecule has 1 heterocycles. The molecular formula is C22H24F3N5O2.